The molecule has 0 bridgehead atoms. The normalized spacial score (nSPS) is 11.7. The van der Waals surface area contributed by atoms with Gasteiger partial charge in [0.15, 0.2) is 5.69 Å². The summed E-state index contributed by atoms with van der Waals surface area (Å²) in [6, 6.07) is 13.0. The van der Waals surface area contributed by atoms with E-state index in [1.165, 1.54) is 22.9 Å². The van der Waals surface area contributed by atoms with Gasteiger partial charge < -0.3 is 15.2 Å². The van der Waals surface area contributed by atoms with Crippen LogP contribution in [-0.2, 0) is 4.79 Å². The molecule has 0 unspecified atom stereocenters. The molecule has 0 aliphatic carbocycles. The second-order valence-electron chi connectivity index (χ2n) is 6.34. The van der Waals surface area contributed by atoms with Crippen molar-refractivity contribution in [1.29, 1.82) is 0 Å². The summed E-state index contributed by atoms with van der Waals surface area (Å²) in [5, 5.41) is 16.5. The molecule has 2 N–H and O–H groups in total. The minimum atomic E-state index is -1.08. The Labute approximate surface area is 177 Å². The predicted octanol–water partition coefficient (Wildman–Crippen LogP) is 4.01. The summed E-state index contributed by atoms with van der Waals surface area (Å²) in [4.78, 5) is 24.1. The Hall–Kier alpha value is -3.39. The minimum Gasteiger partial charge on any atom is -0.481 e. The van der Waals surface area contributed by atoms with E-state index in [4.69, 9.17) is 16.3 Å². The summed E-state index contributed by atoms with van der Waals surface area (Å²) >= 11 is 5.88. The van der Waals surface area contributed by atoms with Crippen molar-refractivity contribution >= 4 is 23.5 Å². The van der Waals surface area contributed by atoms with Gasteiger partial charge in [-0.2, -0.15) is 9.78 Å². The van der Waals surface area contributed by atoms with E-state index >= 15 is 0 Å². The van der Waals surface area contributed by atoms with Gasteiger partial charge >= 0.3 is 5.97 Å². The maximum Gasteiger partial charge on any atom is 0.305 e. The third-order valence-corrected chi connectivity index (χ3v) is 4.49. The monoisotopic (exact) mass is 431 g/mol. The van der Waals surface area contributed by atoms with Crippen molar-refractivity contribution in [1.82, 2.24) is 15.1 Å². The summed E-state index contributed by atoms with van der Waals surface area (Å²) in [5.41, 5.74) is 0.666. The topological polar surface area (TPSA) is 93.4 Å². The number of nitrogens with one attached hydrogen (secondary N) is 1. The fourth-order valence-electron chi connectivity index (χ4n) is 2.88. The minimum absolute atomic E-state index is 0.0361. The SMILES string of the molecule is CCOc1cc(C(=O)N[C@@H](CC(=O)O)c2ccc(Cl)cc2)nn1-c1ccccc1F. The lowest BCUT2D eigenvalue weighted by Crippen LogP contribution is -2.30. The van der Waals surface area contributed by atoms with Crippen LogP contribution in [-0.4, -0.2) is 33.4 Å². The second kappa shape index (κ2) is 9.41. The highest BCUT2D eigenvalue weighted by molar-refractivity contribution is 6.30. The van der Waals surface area contributed by atoms with E-state index in [2.05, 4.69) is 10.4 Å². The first kappa shape index (κ1) is 21.3. The number of halogens is 2. The van der Waals surface area contributed by atoms with Crippen molar-refractivity contribution in [3.8, 4) is 11.6 Å². The number of aromatic nitrogens is 2. The number of aliphatic carboxylic acids is 1. The molecular formula is C21H19ClFN3O4. The number of carboxylic acid groups (broad SMARTS) is 1. The molecule has 156 valence electrons. The second-order valence-corrected chi connectivity index (χ2v) is 6.78. The number of rotatable bonds is 8. The summed E-state index contributed by atoms with van der Waals surface area (Å²) in [6.45, 7) is 2.04. The van der Waals surface area contributed by atoms with Crippen molar-refractivity contribution in [3.63, 3.8) is 0 Å². The number of ether oxygens (including phenoxy) is 1. The van der Waals surface area contributed by atoms with Crippen molar-refractivity contribution in [2.24, 2.45) is 0 Å². The Morgan fingerprint density at radius 1 is 1.23 bits per heavy atom. The van der Waals surface area contributed by atoms with Gasteiger partial charge in [-0.1, -0.05) is 35.9 Å². The molecule has 1 aromatic heterocycles. The first-order valence-corrected chi connectivity index (χ1v) is 9.52. The van der Waals surface area contributed by atoms with E-state index < -0.39 is 23.7 Å². The zero-order valence-corrected chi connectivity index (χ0v) is 16.8. The number of carboxylic acids is 1. The quantitative estimate of drug-likeness (QED) is 0.562. The summed E-state index contributed by atoms with van der Waals surface area (Å²) in [5.74, 6) is -2.04. The van der Waals surface area contributed by atoms with Crippen LogP contribution in [0.3, 0.4) is 0 Å². The number of amides is 1. The fraction of sp³-hybridized carbons (Fsp3) is 0.190. The Kier molecular flexibility index (Phi) is 6.68. The van der Waals surface area contributed by atoms with Crippen LogP contribution in [0.5, 0.6) is 5.88 Å². The Morgan fingerprint density at radius 2 is 1.93 bits per heavy atom. The third-order valence-electron chi connectivity index (χ3n) is 4.24. The maximum atomic E-state index is 14.2. The van der Waals surface area contributed by atoms with Crippen LogP contribution in [0.2, 0.25) is 5.02 Å². The Balaban J connectivity index is 1.91. The molecule has 0 saturated carbocycles. The summed E-state index contributed by atoms with van der Waals surface area (Å²) < 4.78 is 20.9. The number of carbonyl (C=O) groups is 2. The van der Waals surface area contributed by atoms with Gasteiger partial charge in [-0.3, -0.25) is 9.59 Å². The lowest BCUT2D eigenvalue weighted by atomic mass is 10.0. The van der Waals surface area contributed by atoms with E-state index in [-0.39, 0.29) is 30.3 Å². The van der Waals surface area contributed by atoms with Crippen LogP contribution in [0.1, 0.15) is 35.4 Å². The molecule has 1 heterocycles. The van der Waals surface area contributed by atoms with E-state index in [9.17, 15) is 19.1 Å². The molecular weight excluding hydrogens is 413 g/mol. The van der Waals surface area contributed by atoms with Crippen LogP contribution < -0.4 is 10.1 Å². The molecule has 2 aromatic carbocycles. The summed E-state index contributed by atoms with van der Waals surface area (Å²) in [6.07, 6.45) is -0.334. The highest BCUT2D eigenvalue weighted by Crippen LogP contribution is 2.24. The van der Waals surface area contributed by atoms with Crippen molar-refractivity contribution in [2.75, 3.05) is 6.61 Å². The van der Waals surface area contributed by atoms with Gasteiger partial charge in [0.05, 0.1) is 19.1 Å². The van der Waals surface area contributed by atoms with Crippen molar-refractivity contribution in [2.45, 2.75) is 19.4 Å². The van der Waals surface area contributed by atoms with E-state index in [1.807, 2.05) is 0 Å². The van der Waals surface area contributed by atoms with Crippen LogP contribution in [0.4, 0.5) is 4.39 Å². The van der Waals surface area contributed by atoms with Gasteiger partial charge in [0.2, 0.25) is 5.88 Å². The number of carbonyl (C=O) groups excluding carboxylic acids is 1. The van der Waals surface area contributed by atoms with Gasteiger partial charge in [0.1, 0.15) is 11.5 Å². The van der Waals surface area contributed by atoms with Gasteiger partial charge in [-0.15, -0.1) is 0 Å². The highest BCUT2D eigenvalue weighted by atomic mass is 35.5. The zero-order valence-electron chi connectivity index (χ0n) is 16.0. The molecule has 0 aliphatic rings. The van der Waals surface area contributed by atoms with E-state index in [0.29, 0.717) is 10.6 Å². The van der Waals surface area contributed by atoms with Crippen LogP contribution in [0.25, 0.3) is 5.69 Å². The first-order valence-electron chi connectivity index (χ1n) is 9.15. The van der Waals surface area contributed by atoms with Gasteiger partial charge in [0, 0.05) is 11.1 Å². The molecule has 0 saturated heterocycles. The average molecular weight is 432 g/mol. The molecule has 30 heavy (non-hydrogen) atoms. The molecule has 0 aliphatic heterocycles. The lowest BCUT2D eigenvalue weighted by Gasteiger charge is -2.16. The number of hydrogen-bond acceptors (Lipinski definition) is 4. The number of benzene rings is 2. The molecule has 7 nitrogen and oxygen atoms in total. The zero-order chi connectivity index (χ0) is 21.7. The molecule has 1 atom stereocenters. The van der Waals surface area contributed by atoms with Gasteiger partial charge in [-0.25, -0.2) is 4.39 Å². The molecule has 0 fully saturated rings. The van der Waals surface area contributed by atoms with Crippen molar-refractivity contribution < 1.29 is 23.8 Å². The number of nitrogens with zero attached hydrogens (tertiary/aromatic N) is 2. The molecule has 0 radical (unpaired) electrons. The van der Waals surface area contributed by atoms with E-state index in [0.717, 1.165) is 0 Å². The van der Waals surface area contributed by atoms with Crippen LogP contribution >= 0.6 is 11.6 Å². The molecule has 3 aromatic rings. The predicted molar refractivity (Wildman–Crippen MR) is 109 cm³/mol. The molecule has 0 spiro atoms. The molecule has 3 rings (SSSR count). The molecule has 1 amide bonds. The first-order chi connectivity index (χ1) is 14.4. The Bertz CT molecular complexity index is 1050. The van der Waals surface area contributed by atoms with Crippen LogP contribution in [0.15, 0.2) is 54.6 Å². The van der Waals surface area contributed by atoms with E-state index in [1.54, 1.807) is 43.3 Å². The molecule has 9 heteroatoms. The maximum absolute atomic E-state index is 14.2. The van der Waals surface area contributed by atoms with Gasteiger partial charge in [0.25, 0.3) is 5.91 Å². The lowest BCUT2D eigenvalue weighted by molar-refractivity contribution is -0.137. The number of hydrogen-bond donors (Lipinski definition) is 2. The Morgan fingerprint density at radius 3 is 2.57 bits per heavy atom. The van der Waals surface area contributed by atoms with Gasteiger partial charge in [-0.05, 0) is 36.8 Å². The largest absolute Gasteiger partial charge is 0.481 e. The highest BCUT2D eigenvalue weighted by Gasteiger charge is 2.23. The third kappa shape index (κ3) is 4.96. The summed E-state index contributed by atoms with van der Waals surface area (Å²) in [7, 11) is 0. The smallest absolute Gasteiger partial charge is 0.305 e. The van der Waals surface area contributed by atoms with Crippen molar-refractivity contribution in [3.05, 3.63) is 76.7 Å². The fourth-order valence-corrected chi connectivity index (χ4v) is 3.00. The number of para-hydroxylation sites is 1. The standard InChI is InChI=1S/C21H19ClFN3O4/c1-2-30-19-11-17(25-26(19)18-6-4-3-5-15(18)23)21(29)24-16(12-20(27)28)13-7-9-14(22)10-8-13/h3-11,16H,2,12H2,1H3,(H,24,29)(H,27,28)/t16-/m0/s1. The van der Waals surface area contributed by atoms with Crippen LogP contribution in [0, 0.1) is 5.82 Å². The average Bonchev–Trinajstić information content (AvgIpc) is 3.12.